The molecular formula is C17H19NO3. The molecule has 4 heteroatoms. The van der Waals surface area contributed by atoms with Crippen LogP contribution in [0.4, 0.5) is 0 Å². The van der Waals surface area contributed by atoms with Crippen LogP contribution in [0.25, 0.3) is 6.08 Å². The number of ether oxygens (including phenoxy) is 1. The molecule has 0 radical (unpaired) electrons. The zero-order valence-corrected chi connectivity index (χ0v) is 12.1. The van der Waals surface area contributed by atoms with E-state index < -0.39 is 5.97 Å². The number of hydrogen-bond donors (Lipinski definition) is 1. The van der Waals surface area contributed by atoms with Gasteiger partial charge in [0.25, 0.3) is 0 Å². The van der Waals surface area contributed by atoms with Gasteiger partial charge in [0.05, 0.1) is 0 Å². The van der Waals surface area contributed by atoms with E-state index in [0.717, 1.165) is 25.7 Å². The Balaban J connectivity index is 2.10. The molecule has 0 aromatic heterocycles. The predicted molar refractivity (Wildman–Crippen MR) is 79.4 cm³/mol. The lowest BCUT2D eigenvalue weighted by Crippen LogP contribution is -2.21. The molecule has 0 spiro atoms. The Morgan fingerprint density at radius 2 is 2.10 bits per heavy atom. The van der Waals surface area contributed by atoms with Gasteiger partial charge in [0.1, 0.15) is 23.5 Å². The summed E-state index contributed by atoms with van der Waals surface area (Å²) in [5, 5.41) is 18.6. The standard InChI is InChI=1S/C17H19NO3/c1-12-9-13(7-8-16(12)19)10-14(11-18)17(20)21-15-5-3-2-4-6-15/h7-10,15,19H,2-6H2,1H3. The van der Waals surface area contributed by atoms with Crippen LogP contribution in [0, 0.1) is 18.3 Å². The molecule has 0 atom stereocenters. The average Bonchev–Trinajstić information content (AvgIpc) is 2.49. The van der Waals surface area contributed by atoms with Gasteiger partial charge in [-0.1, -0.05) is 12.5 Å². The second-order valence-corrected chi connectivity index (χ2v) is 5.38. The number of hydrogen-bond acceptors (Lipinski definition) is 4. The van der Waals surface area contributed by atoms with E-state index in [4.69, 9.17) is 10.00 Å². The van der Waals surface area contributed by atoms with Crippen molar-refractivity contribution in [3.63, 3.8) is 0 Å². The van der Waals surface area contributed by atoms with E-state index in [1.54, 1.807) is 25.1 Å². The van der Waals surface area contributed by atoms with Crippen LogP contribution in [0.1, 0.15) is 43.2 Å². The summed E-state index contributed by atoms with van der Waals surface area (Å²) in [4.78, 5) is 12.0. The molecule has 110 valence electrons. The van der Waals surface area contributed by atoms with E-state index in [1.165, 1.54) is 12.5 Å². The van der Waals surface area contributed by atoms with Gasteiger partial charge >= 0.3 is 5.97 Å². The lowest BCUT2D eigenvalue weighted by Gasteiger charge is -2.21. The molecule has 1 aliphatic rings. The van der Waals surface area contributed by atoms with Gasteiger partial charge in [0.15, 0.2) is 0 Å². The number of phenols is 1. The van der Waals surface area contributed by atoms with Crippen LogP contribution in [0.5, 0.6) is 5.75 Å². The van der Waals surface area contributed by atoms with E-state index in [-0.39, 0.29) is 17.4 Å². The van der Waals surface area contributed by atoms with Crippen LogP contribution in [0.3, 0.4) is 0 Å². The number of nitrogens with zero attached hydrogens (tertiary/aromatic N) is 1. The van der Waals surface area contributed by atoms with Crippen molar-refractivity contribution in [3.8, 4) is 11.8 Å². The first kappa shape index (κ1) is 15.1. The molecule has 1 N–H and O–H groups in total. The molecule has 0 unspecified atom stereocenters. The average molecular weight is 285 g/mol. The third-order valence-corrected chi connectivity index (χ3v) is 3.70. The van der Waals surface area contributed by atoms with Crippen molar-refractivity contribution in [3.05, 3.63) is 34.9 Å². The summed E-state index contributed by atoms with van der Waals surface area (Å²) in [6.45, 7) is 1.76. The number of esters is 1. The van der Waals surface area contributed by atoms with E-state index in [0.29, 0.717) is 11.1 Å². The van der Waals surface area contributed by atoms with Crippen LogP contribution in [0.2, 0.25) is 0 Å². The molecule has 0 bridgehead atoms. The third kappa shape index (κ3) is 4.09. The van der Waals surface area contributed by atoms with E-state index in [9.17, 15) is 9.90 Å². The molecule has 2 rings (SSSR count). The first-order chi connectivity index (χ1) is 10.1. The molecule has 0 saturated heterocycles. The van der Waals surface area contributed by atoms with Gasteiger partial charge in [0.2, 0.25) is 0 Å². The van der Waals surface area contributed by atoms with Crippen molar-refractivity contribution < 1.29 is 14.6 Å². The van der Waals surface area contributed by atoms with Crippen molar-refractivity contribution in [2.75, 3.05) is 0 Å². The molecule has 1 aromatic carbocycles. The Bertz CT molecular complexity index is 593. The maximum atomic E-state index is 12.0. The maximum absolute atomic E-state index is 12.0. The lowest BCUT2D eigenvalue weighted by atomic mass is 9.98. The molecule has 0 amide bonds. The minimum absolute atomic E-state index is 0.00865. The van der Waals surface area contributed by atoms with Gasteiger partial charge < -0.3 is 9.84 Å². The fraction of sp³-hybridized carbons (Fsp3) is 0.412. The zero-order valence-electron chi connectivity index (χ0n) is 12.1. The van der Waals surface area contributed by atoms with Gasteiger partial charge in [-0.05, 0) is 61.9 Å². The fourth-order valence-electron chi connectivity index (χ4n) is 2.47. The Kier molecular flexibility index (Phi) is 4.99. The highest BCUT2D eigenvalue weighted by atomic mass is 16.5. The molecule has 4 nitrogen and oxygen atoms in total. The smallest absolute Gasteiger partial charge is 0.349 e. The van der Waals surface area contributed by atoms with Crippen LogP contribution in [-0.2, 0) is 9.53 Å². The highest BCUT2D eigenvalue weighted by molar-refractivity contribution is 5.98. The molecule has 0 heterocycles. The summed E-state index contributed by atoms with van der Waals surface area (Å²) in [6, 6.07) is 6.83. The minimum Gasteiger partial charge on any atom is -0.508 e. The summed E-state index contributed by atoms with van der Waals surface area (Å²) in [5.74, 6) is -0.370. The highest BCUT2D eigenvalue weighted by Crippen LogP contribution is 2.22. The number of nitriles is 1. The number of carbonyl (C=O) groups is 1. The van der Waals surface area contributed by atoms with Crippen LogP contribution < -0.4 is 0 Å². The number of rotatable bonds is 3. The SMILES string of the molecule is Cc1cc(C=C(C#N)C(=O)OC2CCCCC2)ccc1O. The second-order valence-electron chi connectivity index (χ2n) is 5.38. The Hall–Kier alpha value is -2.28. The van der Waals surface area contributed by atoms with Crippen molar-refractivity contribution >= 4 is 12.0 Å². The van der Waals surface area contributed by atoms with Gasteiger partial charge in [-0.15, -0.1) is 0 Å². The third-order valence-electron chi connectivity index (χ3n) is 3.70. The summed E-state index contributed by atoms with van der Waals surface area (Å²) in [7, 11) is 0. The summed E-state index contributed by atoms with van der Waals surface area (Å²) < 4.78 is 5.39. The molecule has 1 saturated carbocycles. The summed E-state index contributed by atoms with van der Waals surface area (Å²) in [6.07, 6.45) is 6.51. The zero-order chi connectivity index (χ0) is 15.2. The molecule has 21 heavy (non-hydrogen) atoms. The number of aryl methyl sites for hydroxylation is 1. The minimum atomic E-state index is -0.560. The largest absolute Gasteiger partial charge is 0.508 e. The van der Waals surface area contributed by atoms with Crippen LogP contribution >= 0.6 is 0 Å². The Morgan fingerprint density at radius 3 is 2.71 bits per heavy atom. The second kappa shape index (κ2) is 6.94. The Morgan fingerprint density at radius 1 is 1.38 bits per heavy atom. The van der Waals surface area contributed by atoms with Gasteiger partial charge in [-0.3, -0.25) is 0 Å². The number of benzene rings is 1. The number of carbonyl (C=O) groups excluding carboxylic acids is 1. The normalized spacial score (nSPS) is 16.3. The maximum Gasteiger partial charge on any atom is 0.349 e. The molecule has 1 aliphatic carbocycles. The van der Waals surface area contributed by atoms with Gasteiger partial charge in [-0.2, -0.15) is 5.26 Å². The highest BCUT2D eigenvalue weighted by Gasteiger charge is 2.20. The summed E-state index contributed by atoms with van der Waals surface area (Å²) in [5.41, 5.74) is 1.38. The van der Waals surface area contributed by atoms with Crippen LogP contribution in [-0.4, -0.2) is 17.2 Å². The lowest BCUT2D eigenvalue weighted by molar-refractivity contribution is -0.145. The van der Waals surface area contributed by atoms with Gasteiger partial charge in [-0.25, -0.2) is 4.79 Å². The van der Waals surface area contributed by atoms with Crippen molar-refractivity contribution in [1.29, 1.82) is 5.26 Å². The van der Waals surface area contributed by atoms with E-state index >= 15 is 0 Å². The quantitative estimate of drug-likeness (QED) is 0.524. The van der Waals surface area contributed by atoms with Gasteiger partial charge in [0, 0.05) is 0 Å². The molecule has 1 fully saturated rings. The topological polar surface area (TPSA) is 70.3 Å². The molecule has 0 aliphatic heterocycles. The van der Waals surface area contributed by atoms with E-state index in [1.807, 2.05) is 6.07 Å². The fourth-order valence-corrected chi connectivity index (χ4v) is 2.47. The Labute approximate surface area is 124 Å². The number of phenolic OH excluding ortho intramolecular Hbond substituents is 1. The molecular weight excluding hydrogens is 266 g/mol. The van der Waals surface area contributed by atoms with Crippen molar-refractivity contribution in [2.24, 2.45) is 0 Å². The van der Waals surface area contributed by atoms with Crippen molar-refractivity contribution in [1.82, 2.24) is 0 Å². The first-order valence-electron chi connectivity index (χ1n) is 7.22. The van der Waals surface area contributed by atoms with E-state index in [2.05, 4.69) is 0 Å². The predicted octanol–water partition coefficient (Wildman–Crippen LogP) is 3.48. The summed E-state index contributed by atoms with van der Waals surface area (Å²) >= 11 is 0. The monoisotopic (exact) mass is 285 g/mol. The number of aromatic hydroxyl groups is 1. The van der Waals surface area contributed by atoms with Crippen LogP contribution in [0.15, 0.2) is 23.8 Å². The molecule has 1 aromatic rings. The van der Waals surface area contributed by atoms with Crippen molar-refractivity contribution in [2.45, 2.75) is 45.1 Å². The first-order valence-corrected chi connectivity index (χ1v) is 7.22.